The van der Waals surface area contributed by atoms with Gasteiger partial charge in [-0.3, -0.25) is 9.59 Å². The van der Waals surface area contributed by atoms with Gasteiger partial charge in [0.15, 0.2) is 0 Å². The molecule has 0 saturated carbocycles. The van der Waals surface area contributed by atoms with Crippen LogP contribution in [0, 0.1) is 0 Å². The Kier molecular flexibility index (Phi) is 5.58. The second-order valence-corrected chi connectivity index (χ2v) is 6.02. The standard InChI is InChI=1S/C19H22N2O3/c1-13(11-18(22)23)14-7-9-16(10-8-14)20-19(24)15-5-4-6-17(12-15)21(2)3/h4-10,12-13H,11H2,1-3H3,(H,20,24)(H,22,23). The summed E-state index contributed by atoms with van der Waals surface area (Å²) in [4.78, 5) is 25.1. The van der Waals surface area contributed by atoms with Crippen LogP contribution in [-0.2, 0) is 4.79 Å². The molecule has 2 rings (SSSR count). The highest BCUT2D eigenvalue weighted by atomic mass is 16.4. The molecular weight excluding hydrogens is 304 g/mol. The lowest BCUT2D eigenvalue weighted by atomic mass is 9.98. The van der Waals surface area contributed by atoms with Crippen LogP contribution in [0.3, 0.4) is 0 Å². The lowest BCUT2D eigenvalue weighted by Crippen LogP contribution is -2.14. The van der Waals surface area contributed by atoms with E-state index in [1.165, 1.54) is 0 Å². The van der Waals surface area contributed by atoms with Gasteiger partial charge in [-0.15, -0.1) is 0 Å². The number of nitrogens with zero attached hydrogens (tertiary/aromatic N) is 1. The van der Waals surface area contributed by atoms with Crippen molar-refractivity contribution in [2.45, 2.75) is 19.3 Å². The Bertz CT molecular complexity index is 724. The molecule has 0 radical (unpaired) electrons. The molecule has 0 fully saturated rings. The predicted molar refractivity (Wildman–Crippen MR) is 95.8 cm³/mol. The van der Waals surface area contributed by atoms with Crippen molar-refractivity contribution in [2.75, 3.05) is 24.3 Å². The number of amides is 1. The summed E-state index contributed by atoms with van der Waals surface area (Å²) in [5, 5.41) is 11.7. The third-order valence-electron chi connectivity index (χ3n) is 3.84. The van der Waals surface area contributed by atoms with Crippen LogP contribution >= 0.6 is 0 Å². The van der Waals surface area contributed by atoms with Gasteiger partial charge >= 0.3 is 5.97 Å². The molecule has 0 aliphatic rings. The number of carbonyl (C=O) groups excluding carboxylic acids is 1. The summed E-state index contributed by atoms with van der Waals surface area (Å²) < 4.78 is 0. The van der Waals surface area contributed by atoms with E-state index in [0.29, 0.717) is 11.3 Å². The van der Waals surface area contributed by atoms with E-state index in [1.54, 1.807) is 18.2 Å². The highest BCUT2D eigenvalue weighted by Crippen LogP contribution is 2.21. The minimum Gasteiger partial charge on any atom is -0.481 e. The van der Waals surface area contributed by atoms with E-state index in [9.17, 15) is 9.59 Å². The number of carboxylic acid groups (broad SMARTS) is 1. The fourth-order valence-corrected chi connectivity index (χ4v) is 2.40. The lowest BCUT2D eigenvalue weighted by molar-refractivity contribution is -0.137. The maximum Gasteiger partial charge on any atom is 0.303 e. The average Bonchev–Trinajstić information content (AvgIpc) is 2.55. The van der Waals surface area contributed by atoms with Gasteiger partial charge in [-0.1, -0.05) is 25.1 Å². The quantitative estimate of drug-likeness (QED) is 0.851. The maximum atomic E-state index is 12.3. The molecule has 2 aromatic carbocycles. The van der Waals surface area contributed by atoms with Gasteiger partial charge in [-0.2, -0.15) is 0 Å². The zero-order valence-electron chi connectivity index (χ0n) is 14.1. The topological polar surface area (TPSA) is 69.6 Å². The number of nitrogens with one attached hydrogen (secondary N) is 1. The molecule has 5 nitrogen and oxygen atoms in total. The molecule has 2 aromatic rings. The number of aliphatic carboxylic acids is 1. The molecule has 0 heterocycles. The molecule has 126 valence electrons. The monoisotopic (exact) mass is 326 g/mol. The first-order chi connectivity index (χ1) is 11.4. The summed E-state index contributed by atoms with van der Waals surface area (Å²) in [5.41, 5.74) is 3.16. The van der Waals surface area contributed by atoms with E-state index in [4.69, 9.17) is 5.11 Å². The highest BCUT2D eigenvalue weighted by Gasteiger charge is 2.11. The van der Waals surface area contributed by atoms with Crippen molar-refractivity contribution in [3.05, 3.63) is 59.7 Å². The van der Waals surface area contributed by atoms with Crippen LogP contribution in [0.5, 0.6) is 0 Å². The molecule has 0 aromatic heterocycles. The molecule has 0 aliphatic carbocycles. The molecule has 24 heavy (non-hydrogen) atoms. The number of carbonyl (C=O) groups is 2. The SMILES string of the molecule is CC(CC(=O)O)c1ccc(NC(=O)c2cccc(N(C)C)c2)cc1. The van der Waals surface area contributed by atoms with Crippen LogP contribution < -0.4 is 10.2 Å². The largest absolute Gasteiger partial charge is 0.481 e. The second kappa shape index (κ2) is 7.64. The van der Waals surface area contributed by atoms with Gasteiger partial charge in [0.25, 0.3) is 5.91 Å². The fourth-order valence-electron chi connectivity index (χ4n) is 2.40. The van der Waals surface area contributed by atoms with Crippen molar-refractivity contribution in [3.8, 4) is 0 Å². The first-order valence-corrected chi connectivity index (χ1v) is 7.77. The molecule has 1 atom stereocenters. The predicted octanol–water partition coefficient (Wildman–Crippen LogP) is 3.58. The van der Waals surface area contributed by atoms with Gasteiger partial charge in [-0.25, -0.2) is 0 Å². The van der Waals surface area contributed by atoms with Crippen LogP contribution in [0.25, 0.3) is 0 Å². The van der Waals surface area contributed by atoms with Gasteiger partial charge in [-0.05, 0) is 41.8 Å². The first-order valence-electron chi connectivity index (χ1n) is 7.77. The van der Waals surface area contributed by atoms with Gasteiger partial charge in [0, 0.05) is 31.0 Å². The number of hydrogen-bond donors (Lipinski definition) is 2. The normalized spacial score (nSPS) is 11.6. The third-order valence-corrected chi connectivity index (χ3v) is 3.84. The Morgan fingerprint density at radius 1 is 1.12 bits per heavy atom. The Morgan fingerprint density at radius 2 is 1.79 bits per heavy atom. The fraction of sp³-hybridized carbons (Fsp3) is 0.263. The first kappa shape index (κ1) is 17.5. The molecule has 1 amide bonds. The number of benzene rings is 2. The third kappa shape index (κ3) is 4.59. The minimum absolute atomic E-state index is 0.0657. The summed E-state index contributed by atoms with van der Waals surface area (Å²) in [6.45, 7) is 1.87. The van der Waals surface area contributed by atoms with E-state index < -0.39 is 5.97 Å². The minimum atomic E-state index is -0.819. The molecular formula is C19H22N2O3. The van der Waals surface area contributed by atoms with E-state index >= 15 is 0 Å². The van der Waals surface area contributed by atoms with Crippen LogP contribution in [0.1, 0.15) is 35.2 Å². The van der Waals surface area contributed by atoms with Crippen molar-refractivity contribution in [2.24, 2.45) is 0 Å². The number of hydrogen-bond acceptors (Lipinski definition) is 3. The van der Waals surface area contributed by atoms with Crippen LogP contribution in [0.2, 0.25) is 0 Å². The van der Waals surface area contributed by atoms with Crippen molar-refractivity contribution in [3.63, 3.8) is 0 Å². The van der Waals surface area contributed by atoms with Crippen LogP contribution in [0.15, 0.2) is 48.5 Å². The number of anilines is 2. The Balaban J connectivity index is 2.07. The van der Waals surface area contributed by atoms with E-state index in [2.05, 4.69) is 5.32 Å². The van der Waals surface area contributed by atoms with Gasteiger partial charge in [0.05, 0.1) is 6.42 Å². The van der Waals surface area contributed by atoms with Gasteiger partial charge < -0.3 is 15.3 Å². The Morgan fingerprint density at radius 3 is 2.38 bits per heavy atom. The zero-order valence-corrected chi connectivity index (χ0v) is 14.1. The van der Waals surface area contributed by atoms with Crippen molar-refractivity contribution in [1.29, 1.82) is 0 Å². The molecule has 0 saturated heterocycles. The van der Waals surface area contributed by atoms with E-state index in [1.807, 2.05) is 56.3 Å². The Labute approximate surface area is 141 Å². The zero-order chi connectivity index (χ0) is 17.7. The smallest absolute Gasteiger partial charge is 0.303 e. The molecule has 0 bridgehead atoms. The summed E-state index contributed by atoms with van der Waals surface area (Å²) >= 11 is 0. The van der Waals surface area contributed by atoms with Gasteiger partial charge in [0.1, 0.15) is 0 Å². The Hall–Kier alpha value is -2.82. The maximum absolute atomic E-state index is 12.3. The summed E-state index contributed by atoms with van der Waals surface area (Å²) in [7, 11) is 3.85. The van der Waals surface area contributed by atoms with Crippen molar-refractivity contribution in [1.82, 2.24) is 0 Å². The highest BCUT2D eigenvalue weighted by molar-refractivity contribution is 6.04. The van der Waals surface area contributed by atoms with Crippen LogP contribution in [0.4, 0.5) is 11.4 Å². The lowest BCUT2D eigenvalue weighted by Gasteiger charge is -2.14. The summed E-state index contributed by atoms with van der Waals surface area (Å²) in [6.07, 6.45) is 0.0863. The van der Waals surface area contributed by atoms with Crippen LogP contribution in [-0.4, -0.2) is 31.1 Å². The second-order valence-electron chi connectivity index (χ2n) is 6.02. The van der Waals surface area contributed by atoms with Crippen molar-refractivity contribution < 1.29 is 14.7 Å². The molecule has 5 heteroatoms. The average molecular weight is 326 g/mol. The number of rotatable bonds is 6. The van der Waals surface area contributed by atoms with Crippen molar-refractivity contribution >= 4 is 23.3 Å². The molecule has 0 spiro atoms. The summed E-state index contributed by atoms with van der Waals surface area (Å²) in [5.74, 6) is -1.06. The van der Waals surface area contributed by atoms with Gasteiger partial charge in [0.2, 0.25) is 0 Å². The van der Waals surface area contributed by atoms with E-state index in [0.717, 1.165) is 11.3 Å². The molecule has 0 aliphatic heterocycles. The number of carboxylic acids is 1. The van der Waals surface area contributed by atoms with E-state index in [-0.39, 0.29) is 18.2 Å². The summed E-state index contributed by atoms with van der Waals surface area (Å²) in [6, 6.07) is 14.7. The molecule has 2 N–H and O–H groups in total. The molecule has 1 unspecified atom stereocenters.